The molecule has 0 unspecified atom stereocenters. The third-order valence-electron chi connectivity index (χ3n) is 4.41. The highest BCUT2D eigenvalue weighted by Gasteiger charge is 2.23. The summed E-state index contributed by atoms with van der Waals surface area (Å²) >= 11 is 39.5. The van der Waals surface area contributed by atoms with Crippen LogP contribution in [0.5, 0.6) is 0 Å². The Hall–Kier alpha value is 2.46. The van der Waals surface area contributed by atoms with Crippen molar-refractivity contribution < 1.29 is 0 Å². The summed E-state index contributed by atoms with van der Waals surface area (Å²) in [5.74, 6) is 0.584. The van der Waals surface area contributed by atoms with Gasteiger partial charge < -0.3 is 0 Å². The molecule has 0 aliphatic rings. The van der Waals surface area contributed by atoms with Crippen LogP contribution in [0.1, 0.15) is 103 Å². The van der Waals surface area contributed by atoms with E-state index in [2.05, 4.69) is 6.92 Å². The Kier molecular flexibility index (Phi) is 26.4. The van der Waals surface area contributed by atoms with Gasteiger partial charge in [0.15, 0.2) is 0 Å². The van der Waals surface area contributed by atoms with Gasteiger partial charge in [-0.25, -0.2) is 0 Å². The molecule has 0 heterocycles. The number of alkyl halides is 1. The number of halogens is 7. The highest BCUT2D eigenvalue weighted by Crippen LogP contribution is 2.28. The molecule has 0 bridgehead atoms. The summed E-state index contributed by atoms with van der Waals surface area (Å²) in [6, 6.07) is -3.19. The number of hydrogen-bond donors (Lipinski definition) is 0. The topological polar surface area (TPSA) is 0 Å². The molecule has 0 aliphatic heterocycles. The monoisotopic (exact) mass is 568 g/mol. The molecule has 0 saturated carbocycles. The maximum absolute atomic E-state index is 5.85. The third kappa shape index (κ3) is 35.9. The van der Waals surface area contributed by atoms with Crippen molar-refractivity contribution in [2.75, 3.05) is 5.88 Å². The minimum atomic E-state index is -2.35. The lowest BCUT2D eigenvalue weighted by atomic mass is 10.0. The molecule has 28 heavy (non-hydrogen) atoms. The molecule has 0 N–H and O–H groups in total. The second kappa shape index (κ2) is 22.7. The van der Waals surface area contributed by atoms with Crippen LogP contribution >= 0.6 is 78.1 Å². The fourth-order valence-electron chi connectivity index (χ4n) is 2.79. The van der Waals surface area contributed by atoms with Crippen LogP contribution in [0.4, 0.5) is 0 Å². The fraction of sp³-hybridized carbons (Fsp3) is 1.00. The molecule has 0 spiro atoms. The van der Waals surface area contributed by atoms with Gasteiger partial charge in [0.1, 0.15) is 0 Å². The molecule has 0 aromatic heterocycles. The summed E-state index contributed by atoms with van der Waals surface area (Å²) in [7, 11) is 0. The summed E-state index contributed by atoms with van der Waals surface area (Å²) in [6.07, 6.45) is 20.0. The first-order chi connectivity index (χ1) is 13.1. The Labute approximate surface area is 209 Å². The molecule has 0 aromatic carbocycles. The zero-order valence-electron chi connectivity index (χ0n) is 17.4. The van der Waals surface area contributed by atoms with E-state index in [1.807, 2.05) is 0 Å². The Morgan fingerprint density at radius 2 is 0.714 bits per heavy atom. The molecule has 0 fully saturated rings. The van der Waals surface area contributed by atoms with Crippen LogP contribution < -0.4 is 0 Å². The molecule has 0 radical (unpaired) electrons. The van der Waals surface area contributed by atoms with Crippen molar-refractivity contribution in [1.29, 1.82) is 0 Å². The van der Waals surface area contributed by atoms with Gasteiger partial charge in [0.25, 0.3) is 0 Å². The van der Waals surface area contributed by atoms with Gasteiger partial charge in [-0.2, -0.15) is 0 Å². The summed E-state index contributed by atoms with van der Waals surface area (Å²) in [6.45, 7) is 2.28. The maximum Gasteiger partial charge on any atom is 0.341 e. The van der Waals surface area contributed by atoms with Gasteiger partial charge >= 0.3 is 12.0 Å². The van der Waals surface area contributed by atoms with Crippen molar-refractivity contribution in [1.82, 2.24) is 0 Å². The van der Waals surface area contributed by atoms with Gasteiger partial charge in [0, 0.05) is 5.88 Å². The van der Waals surface area contributed by atoms with Gasteiger partial charge in [-0.15, -0.1) is 78.1 Å². The van der Waals surface area contributed by atoms with Gasteiger partial charge in [-0.3, -0.25) is 0 Å². The molecule has 0 atom stereocenters. The van der Waals surface area contributed by atoms with Crippen LogP contribution in [0, 0.1) is 0 Å². The molecule has 0 aliphatic carbocycles. The lowest BCUT2D eigenvalue weighted by Crippen LogP contribution is -2.07. The van der Waals surface area contributed by atoms with Gasteiger partial charge in [0.05, 0.1) is 0 Å². The number of unbranched alkanes of at least 4 members (excludes halogenated alkanes) is 13. The average molecular weight is 572 g/mol. The van der Waals surface area contributed by atoms with E-state index in [1.54, 1.807) is 0 Å². The molecular formula is C19H39Cl7Si2. The molecule has 0 aromatic rings. The van der Waals surface area contributed by atoms with E-state index in [-0.39, 0.29) is 0 Å². The van der Waals surface area contributed by atoms with E-state index in [0.29, 0.717) is 11.9 Å². The minimum Gasteiger partial charge on any atom is -0.127 e. The lowest BCUT2D eigenvalue weighted by Gasteiger charge is -2.06. The second-order valence-corrected chi connectivity index (χ2v) is 26.3. The zero-order valence-corrected chi connectivity index (χ0v) is 24.7. The zero-order chi connectivity index (χ0) is 21.7. The minimum absolute atomic E-state index is 0.584. The smallest absolute Gasteiger partial charge is 0.127 e. The van der Waals surface area contributed by atoms with Crippen LogP contribution in [-0.2, 0) is 0 Å². The highest BCUT2D eigenvalue weighted by atomic mass is 35.8. The van der Waals surface area contributed by atoms with Crippen molar-refractivity contribution in [3.63, 3.8) is 0 Å². The first kappa shape index (κ1) is 32.6. The first-order valence-electron chi connectivity index (χ1n) is 10.8. The van der Waals surface area contributed by atoms with E-state index < -0.39 is 12.0 Å². The Bertz CT molecular complexity index is 308. The SMILES string of the molecule is CCCCCCCCCCCCCCCC[Si](Cl)(Cl)Cl.ClCCC[Si](Cl)(Cl)Cl. The van der Waals surface area contributed by atoms with Crippen LogP contribution in [0.25, 0.3) is 0 Å². The molecular weight excluding hydrogens is 533 g/mol. The van der Waals surface area contributed by atoms with E-state index in [0.717, 1.165) is 18.9 Å². The predicted octanol–water partition coefficient (Wildman–Crippen LogP) is 11.4. The lowest BCUT2D eigenvalue weighted by molar-refractivity contribution is 0.538. The predicted molar refractivity (Wildman–Crippen MR) is 142 cm³/mol. The highest BCUT2D eigenvalue weighted by molar-refractivity contribution is 7.65. The first-order valence-corrected chi connectivity index (χ1v) is 21.8. The quantitative estimate of drug-likeness (QED) is 0.0664. The maximum atomic E-state index is 5.85. The molecule has 0 saturated heterocycles. The standard InChI is InChI=1S/C16H33Cl3Si.C3H6Cl4Si/c1-2-3-4-5-6-7-8-9-10-11-12-13-14-15-16-20(17,18)19;4-2-1-3-8(5,6)7/h2-16H2,1H3;1-3H2. The Balaban J connectivity index is 0. The van der Waals surface area contributed by atoms with Crippen LogP contribution in [-0.4, -0.2) is 17.9 Å². The molecule has 0 nitrogen and oxygen atoms in total. The molecule has 172 valence electrons. The number of hydrogen-bond acceptors (Lipinski definition) is 0. The van der Waals surface area contributed by atoms with Gasteiger partial charge in [-0.1, -0.05) is 96.8 Å². The molecule has 0 rings (SSSR count). The largest absolute Gasteiger partial charge is 0.341 e. The van der Waals surface area contributed by atoms with Crippen LogP contribution in [0.15, 0.2) is 0 Å². The van der Waals surface area contributed by atoms with Gasteiger partial charge in [-0.05, 0) is 18.5 Å². The van der Waals surface area contributed by atoms with E-state index in [1.165, 1.54) is 83.5 Å². The summed E-state index contributed by atoms with van der Waals surface area (Å²) in [5, 5.41) is 0. The second-order valence-electron chi connectivity index (χ2n) is 7.37. The Morgan fingerprint density at radius 1 is 0.429 bits per heavy atom. The average Bonchev–Trinajstić information content (AvgIpc) is 2.59. The fourth-order valence-corrected chi connectivity index (χ4v) is 6.78. The van der Waals surface area contributed by atoms with Crippen LogP contribution in [0.3, 0.4) is 0 Å². The normalized spacial score (nSPS) is 12.0. The van der Waals surface area contributed by atoms with Gasteiger partial charge in [0.2, 0.25) is 0 Å². The summed E-state index contributed by atoms with van der Waals surface area (Å²) in [5.41, 5.74) is 0. The van der Waals surface area contributed by atoms with Crippen molar-refractivity contribution in [3.8, 4) is 0 Å². The summed E-state index contributed by atoms with van der Waals surface area (Å²) in [4.78, 5) is 0. The van der Waals surface area contributed by atoms with Crippen molar-refractivity contribution in [2.24, 2.45) is 0 Å². The van der Waals surface area contributed by atoms with Crippen LogP contribution in [0.2, 0.25) is 12.1 Å². The molecule has 0 amide bonds. The van der Waals surface area contributed by atoms with Crippen molar-refractivity contribution >= 4 is 90.1 Å². The van der Waals surface area contributed by atoms with Crippen molar-refractivity contribution in [2.45, 2.75) is 115 Å². The van der Waals surface area contributed by atoms with E-state index in [4.69, 9.17) is 78.1 Å². The van der Waals surface area contributed by atoms with E-state index >= 15 is 0 Å². The van der Waals surface area contributed by atoms with Crippen molar-refractivity contribution in [3.05, 3.63) is 0 Å². The van der Waals surface area contributed by atoms with E-state index in [9.17, 15) is 0 Å². The summed E-state index contributed by atoms with van der Waals surface area (Å²) < 4.78 is 0. The third-order valence-corrected chi connectivity index (χ3v) is 9.92. The Morgan fingerprint density at radius 3 is 0.964 bits per heavy atom. The molecule has 9 heteroatoms. The number of rotatable bonds is 18.